The van der Waals surface area contributed by atoms with E-state index in [0.717, 1.165) is 5.92 Å². The fourth-order valence-electron chi connectivity index (χ4n) is 1.84. The summed E-state index contributed by atoms with van der Waals surface area (Å²) < 4.78 is 0. The molecule has 1 N–H and O–H groups in total. The van der Waals surface area contributed by atoms with Crippen LogP contribution in [-0.4, -0.2) is 11.4 Å². The summed E-state index contributed by atoms with van der Waals surface area (Å²) >= 11 is 0. The number of carbonyl (C=O) groups is 1. The zero-order chi connectivity index (χ0) is 8.60. The molecule has 2 aliphatic rings. The van der Waals surface area contributed by atoms with Gasteiger partial charge in [0.2, 0.25) is 5.91 Å². The Morgan fingerprint density at radius 3 is 2.58 bits per heavy atom. The molecule has 0 atom stereocenters. The average Bonchev–Trinajstić information content (AvgIpc) is 2.82. The Balaban J connectivity index is 1.89. The topological polar surface area (TPSA) is 29.1 Å². The van der Waals surface area contributed by atoms with Crippen molar-refractivity contribution in [2.45, 2.75) is 38.1 Å². The molecule has 2 heteroatoms. The van der Waals surface area contributed by atoms with Crippen molar-refractivity contribution < 1.29 is 4.79 Å². The predicted octanol–water partition coefficient (Wildman–Crippen LogP) is 1.62. The van der Waals surface area contributed by atoms with Crippen molar-refractivity contribution in [1.82, 2.24) is 5.32 Å². The summed E-state index contributed by atoms with van der Waals surface area (Å²) in [4.78, 5) is 11.2. The summed E-state index contributed by atoms with van der Waals surface area (Å²) in [5.41, 5.74) is 0.233. The van der Waals surface area contributed by atoms with Gasteiger partial charge < -0.3 is 5.32 Å². The minimum atomic E-state index is 0.0851. The Morgan fingerprint density at radius 1 is 1.50 bits per heavy atom. The van der Waals surface area contributed by atoms with Gasteiger partial charge in [-0.25, -0.2) is 0 Å². The Kier molecular flexibility index (Phi) is 1.71. The lowest BCUT2D eigenvalue weighted by atomic mass is 10.1. The third kappa shape index (κ3) is 1.38. The number of carbonyl (C=O) groups excluding carboxylic acids is 1. The monoisotopic (exact) mass is 165 g/mol. The smallest absolute Gasteiger partial charge is 0.244 e. The third-order valence-corrected chi connectivity index (χ3v) is 2.84. The van der Waals surface area contributed by atoms with Crippen LogP contribution in [0, 0.1) is 5.92 Å². The Hall–Kier alpha value is -0.790. The van der Waals surface area contributed by atoms with Crippen LogP contribution in [0.15, 0.2) is 12.2 Å². The maximum Gasteiger partial charge on any atom is 0.244 e. The van der Waals surface area contributed by atoms with E-state index in [1.54, 1.807) is 12.2 Å². The molecule has 2 rings (SSSR count). The molecule has 1 amide bonds. The Labute approximate surface area is 73.0 Å². The van der Waals surface area contributed by atoms with E-state index in [9.17, 15) is 4.79 Å². The first-order valence-electron chi connectivity index (χ1n) is 4.72. The summed E-state index contributed by atoms with van der Waals surface area (Å²) in [7, 11) is 0. The van der Waals surface area contributed by atoms with Crippen molar-refractivity contribution in [1.29, 1.82) is 0 Å². The van der Waals surface area contributed by atoms with Crippen molar-refractivity contribution >= 4 is 5.91 Å². The number of rotatable bonds is 3. The summed E-state index contributed by atoms with van der Waals surface area (Å²) in [5.74, 6) is 0.883. The van der Waals surface area contributed by atoms with E-state index in [1.807, 2.05) is 6.92 Å². The molecule has 0 bridgehead atoms. The SMILES string of the molecule is C/C=C/C(=O)NC1(C2CC2)CC1. The molecule has 0 saturated heterocycles. The van der Waals surface area contributed by atoms with Crippen molar-refractivity contribution in [3.05, 3.63) is 12.2 Å². The molecule has 12 heavy (non-hydrogen) atoms. The van der Waals surface area contributed by atoms with Gasteiger partial charge in [0.25, 0.3) is 0 Å². The molecule has 0 aromatic rings. The molecular weight excluding hydrogens is 150 g/mol. The standard InChI is InChI=1S/C10H15NO/c1-2-3-9(12)11-10(6-7-10)8-4-5-8/h2-3,8H,4-7H2,1H3,(H,11,12)/b3-2+. The van der Waals surface area contributed by atoms with Gasteiger partial charge in [-0.3, -0.25) is 4.79 Å². The highest BCUT2D eigenvalue weighted by Gasteiger charge is 2.54. The van der Waals surface area contributed by atoms with Crippen LogP contribution in [0.2, 0.25) is 0 Å². The van der Waals surface area contributed by atoms with Crippen molar-refractivity contribution in [2.75, 3.05) is 0 Å². The lowest BCUT2D eigenvalue weighted by Gasteiger charge is -2.14. The van der Waals surface area contributed by atoms with Crippen LogP contribution >= 0.6 is 0 Å². The molecule has 2 fully saturated rings. The minimum Gasteiger partial charge on any atom is -0.347 e. The first-order chi connectivity index (χ1) is 5.77. The molecule has 0 aromatic carbocycles. The molecule has 0 spiro atoms. The maximum absolute atomic E-state index is 11.2. The first kappa shape index (κ1) is 7.84. The number of hydrogen-bond acceptors (Lipinski definition) is 1. The molecule has 0 aliphatic heterocycles. The van der Waals surface area contributed by atoms with Gasteiger partial charge in [-0.05, 0) is 44.6 Å². The molecule has 2 aliphatic carbocycles. The van der Waals surface area contributed by atoms with E-state index >= 15 is 0 Å². The maximum atomic E-state index is 11.2. The number of hydrogen-bond donors (Lipinski definition) is 1. The Morgan fingerprint density at radius 2 is 2.17 bits per heavy atom. The highest BCUT2D eigenvalue weighted by molar-refractivity contribution is 5.88. The first-order valence-corrected chi connectivity index (χ1v) is 4.72. The van der Waals surface area contributed by atoms with Gasteiger partial charge in [-0.1, -0.05) is 6.08 Å². The predicted molar refractivity (Wildman–Crippen MR) is 47.6 cm³/mol. The second-order valence-corrected chi connectivity index (χ2v) is 3.92. The highest BCUT2D eigenvalue weighted by Crippen LogP contribution is 2.53. The van der Waals surface area contributed by atoms with Gasteiger partial charge in [-0.15, -0.1) is 0 Å². The normalized spacial score (nSPS) is 25.8. The number of nitrogens with one attached hydrogen (secondary N) is 1. The van der Waals surface area contributed by atoms with Crippen LogP contribution in [0.1, 0.15) is 32.6 Å². The zero-order valence-electron chi connectivity index (χ0n) is 7.47. The van der Waals surface area contributed by atoms with Crippen molar-refractivity contribution in [2.24, 2.45) is 5.92 Å². The molecule has 2 nitrogen and oxygen atoms in total. The molecular formula is C10H15NO. The van der Waals surface area contributed by atoms with Crippen LogP contribution in [0.5, 0.6) is 0 Å². The quantitative estimate of drug-likeness (QED) is 0.633. The van der Waals surface area contributed by atoms with E-state index in [-0.39, 0.29) is 11.4 Å². The van der Waals surface area contributed by atoms with Crippen molar-refractivity contribution in [3.63, 3.8) is 0 Å². The zero-order valence-corrected chi connectivity index (χ0v) is 7.47. The van der Waals surface area contributed by atoms with Gasteiger partial charge in [0.15, 0.2) is 0 Å². The molecule has 66 valence electrons. The van der Waals surface area contributed by atoms with E-state index < -0.39 is 0 Å². The Bertz CT molecular complexity index is 224. The minimum absolute atomic E-state index is 0.0851. The molecule has 0 heterocycles. The highest BCUT2D eigenvalue weighted by atomic mass is 16.1. The van der Waals surface area contributed by atoms with Gasteiger partial charge >= 0.3 is 0 Å². The van der Waals surface area contributed by atoms with Crippen LogP contribution < -0.4 is 5.32 Å². The summed E-state index contributed by atoms with van der Waals surface area (Å²) in [6, 6.07) is 0. The van der Waals surface area contributed by atoms with Gasteiger partial charge in [-0.2, -0.15) is 0 Å². The lowest BCUT2D eigenvalue weighted by molar-refractivity contribution is -0.117. The van der Waals surface area contributed by atoms with E-state index in [2.05, 4.69) is 5.32 Å². The van der Waals surface area contributed by atoms with Crippen molar-refractivity contribution in [3.8, 4) is 0 Å². The molecule has 0 aromatic heterocycles. The summed E-state index contributed by atoms with van der Waals surface area (Å²) in [6.07, 6.45) is 8.43. The van der Waals surface area contributed by atoms with E-state index in [4.69, 9.17) is 0 Å². The van der Waals surface area contributed by atoms with E-state index in [0.29, 0.717) is 0 Å². The van der Waals surface area contributed by atoms with Gasteiger partial charge in [0, 0.05) is 5.54 Å². The fraction of sp³-hybridized carbons (Fsp3) is 0.700. The van der Waals surface area contributed by atoms with Crippen LogP contribution in [-0.2, 0) is 4.79 Å². The number of allylic oxidation sites excluding steroid dienone is 1. The molecule has 0 unspecified atom stereocenters. The second-order valence-electron chi connectivity index (χ2n) is 3.92. The molecule has 2 saturated carbocycles. The van der Waals surface area contributed by atoms with Gasteiger partial charge in [0.05, 0.1) is 0 Å². The lowest BCUT2D eigenvalue weighted by Crippen LogP contribution is -2.37. The fourth-order valence-corrected chi connectivity index (χ4v) is 1.84. The average molecular weight is 165 g/mol. The molecule has 0 radical (unpaired) electrons. The third-order valence-electron chi connectivity index (χ3n) is 2.84. The second kappa shape index (κ2) is 2.61. The van der Waals surface area contributed by atoms with Crippen LogP contribution in [0.25, 0.3) is 0 Å². The van der Waals surface area contributed by atoms with Crippen LogP contribution in [0.4, 0.5) is 0 Å². The number of amides is 1. The van der Waals surface area contributed by atoms with E-state index in [1.165, 1.54) is 25.7 Å². The summed E-state index contributed by atoms with van der Waals surface area (Å²) in [6.45, 7) is 1.87. The largest absolute Gasteiger partial charge is 0.347 e. The van der Waals surface area contributed by atoms with Gasteiger partial charge in [0.1, 0.15) is 0 Å². The van der Waals surface area contributed by atoms with Crippen LogP contribution in [0.3, 0.4) is 0 Å². The summed E-state index contributed by atoms with van der Waals surface area (Å²) in [5, 5.41) is 3.10.